The van der Waals surface area contributed by atoms with Crippen LogP contribution >= 0.6 is 0 Å². The Hall–Kier alpha value is 0.535. The first kappa shape index (κ1) is 16.0. The minimum atomic E-state index is -0.833. The standard InChI is InChI=1S/C2H4O2.B.Na.H2.H/c1-2(3)4;;;;/h1H3,(H,3,4);;;1H;/q;;+1;;-1. The van der Waals surface area contributed by atoms with Gasteiger partial charge in [-0.05, 0) is 0 Å². The third-order valence-electron chi connectivity index (χ3n) is 0. The molecule has 0 aromatic carbocycles. The van der Waals surface area contributed by atoms with E-state index in [4.69, 9.17) is 9.90 Å². The second-order valence-corrected chi connectivity index (χ2v) is 0.519. The fourth-order valence-electron chi connectivity index (χ4n) is 0. The third-order valence-corrected chi connectivity index (χ3v) is 0. The number of carboxylic acids is 1. The van der Waals surface area contributed by atoms with E-state index in [1.807, 2.05) is 0 Å². The first-order valence-corrected chi connectivity index (χ1v) is 0.928. The summed E-state index contributed by atoms with van der Waals surface area (Å²) in [5, 5.41) is 7.42. The van der Waals surface area contributed by atoms with Gasteiger partial charge in [0.15, 0.2) is 0 Å². The van der Waals surface area contributed by atoms with E-state index >= 15 is 0 Å². The molecule has 0 aliphatic carbocycles. The van der Waals surface area contributed by atoms with E-state index in [9.17, 15) is 0 Å². The largest absolute Gasteiger partial charge is 1.00 e. The van der Waals surface area contributed by atoms with Gasteiger partial charge in [0, 0.05) is 16.8 Å². The van der Waals surface area contributed by atoms with Crippen LogP contribution in [0.15, 0.2) is 0 Å². The molecule has 1 N–H and O–H groups in total. The minimum absolute atomic E-state index is 0. The van der Waals surface area contributed by atoms with Crippen molar-refractivity contribution >= 4 is 14.4 Å². The van der Waals surface area contributed by atoms with Crippen molar-refractivity contribution < 1.29 is 42.3 Å². The van der Waals surface area contributed by atoms with E-state index in [0.717, 1.165) is 6.92 Å². The summed E-state index contributed by atoms with van der Waals surface area (Å²) in [5.74, 6) is -0.833. The van der Waals surface area contributed by atoms with Gasteiger partial charge in [0.05, 0.1) is 0 Å². The fraction of sp³-hybridized carbons (Fsp3) is 0.500. The van der Waals surface area contributed by atoms with Crippen LogP contribution in [-0.2, 0) is 4.79 Å². The summed E-state index contributed by atoms with van der Waals surface area (Å²) >= 11 is 0. The van der Waals surface area contributed by atoms with Gasteiger partial charge in [0.2, 0.25) is 0 Å². The second-order valence-electron chi connectivity index (χ2n) is 0.519. The van der Waals surface area contributed by atoms with Crippen LogP contribution < -0.4 is 29.6 Å². The van der Waals surface area contributed by atoms with Gasteiger partial charge in [0.1, 0.15) is 0 Å². The SMILES string of the molecule is CC(=O)O.[B].[H-].[HH].[Na+]. The molecule has 4 heteroatoms. The van der Waals surface area contributed by atoms with Crippen LogP contribution in [0.4, 0.5) is 0 Å². The number of hydrogen-bond acceptors (Lipinski definition) is 1. The Morgan fingerprint density at radius 3 is 2.00 bits per heavy atom. The maximum Gasteiger partial charge on any atom is 1.00 e. The summed E-state index contributed by atoms with van der Waals surface area (Å²) in [4.78, 5) is 9.00. The summed E-state index contributed by atoms with van der Waals surface area (Å²) in [6.45, 7) is 1.08. The molecule has 2 nitrogen and oxygen atoms in total. The van der Waals surface area contributed by atoms with Crippen molar-refractivity contribution in [2.24, 2.45) is 0 Å². The third kappa shape index (κ3) is 198. The molecule has 0 atom stereocenters. The summed E-state index contributed by atoms with van der Waals surface area (Å²) < 4.78 is 0. The van der Waals surface area contributed by atoms with Gasteiger partial charge in [-0.1, -0.05) is 0 Å². The van der Waals surface area contributed by atoms with Crippen LogP contribution in [0.5, 0.6) is 0 Å². The van der Waals surface area contributed by atoms with Gasteiger partial charge in [-0.15, -0.1) is 0 Å². The van der Waals surface area contributed by atoms with Crippen molar-refractivity contribution in [1.82, 2.24) is 0 Å². The van der Waals surface area contributed by atoms with Gasteiger partial charge in [-0.25, -0.2) is 0 Å². The Morgan fingerprint density at radius 2 is 2.00 bits per heavy atom. The van der Waals surface area contributed by atoms with E-state index in [1.54, 1.807) is 0 Å². The van der Waals surface area contributed by atoms with E-state index in [-0.39, 0.29) is 40.8 Å². The molecule has 0 amide bonds. The summed E-state index contributed by atoms with van der Waals surface area (Å²) in [7, 11) is 0. The maximum absolute atomic E-state index is 9.00. The summed E-state index contributed by atoms with van der Waals surface area (Å²) in [6.07, 6.45) is 0. The van der Waals surface area contributed by atoms with Gasteiger partial charge >= 0.3 is 29.6 Å². The topological polar surface area (TPSA) is 37.3 Å². The van der Waals surface area contributed by atoms with Gasteiger partial charge < -0.3 is 6.53 Å². The Morgan fingerprint density at radius 1 is 2.00 bits per heavy atom. The molecule has 0 aromatic heterocycles. The summed E-state index contributed by atoms with van der Waals surface area (Å²) in [5.41, 5.74) is 0. The zero-order chi connectivity index (χ0) is 3.58. The first-order chi connectivity index (χ1) is 1.73. The normalized spacial score (nSPS) is 4.17. The molecular weight excluding hydrogens is 89.8 g/mol. The first-order valence-electron chi connectivity index (χ1n) is 0.928. The minimum Gasteiger partial charge on any atom is -1.00 e. The fourth-order valence-corrected chi connectivity index (χ4v) is 0. The average molecular weight is 96.9 g/mol. The Kier molecular flexibility index (Phi) is 24.3. The molecular formula is C2H7BNaO2. The predicted octanol–water partition coefficient (Wildman–Crippen LogP) is -2.93. The number of aliphatic carboxylic acids is 1. The van der Waals surface area contributed by atoms with Crippen LogP contribution in [0.25, 0.3) is 0 Å². The molecule has 0 rings (SSSR count). The number of rotatable bonds is 0. The Balaban J connectivity index is -0.00000000750. The zero-order valence-corrected chi connectivity index (χ0v) is 5.93. The number of carboxylic acid groups (broad SMARTS) is 1. The van der Waals surface area contributed by atoms with Crippen LogP contribution in [0.3, 0.4) is 0 Å². The Bertz CT molecular complexity index is 41.0. The van der Waals surface area contributed by atoms with Crippen molar-refractivity contribution in [2.75, 3.05) is 0 Å². The molecule has 0 spiro atoms. The van der Waals surface area contributed by atoms with Gasteiger partial charge in [-0.3, -0.25) is 4.79 Å². The number of carbonyl (C=O) groups is 1. The van der Waals surface area contributed by atoms with E-state index < -0.39 is 5.97 Å². The molecule has 3 radical (unpaired) electrons. The van der Waals surface area contributed by atoms with E-state index in [2.05, 4.69) is 0 Å². The molecule has 31 valence electrons. The van der Waals surface area contributed by atoms with E-state index in [0.29, 0.717) is 0 Å². The van der Waals surface area contributed by atoms with Crippen molar-refractivity contribution in [2.45, 2.75) is 6.92 Å². The molecule has 6 heavy (non-hydrogen) atoms. The van der Waals surface area contributed by atoms with Crippen LogP contribution in [0, 0.1) is 0 Å². The average Bonchev–Trinajstić information content (AvgIpc) is 0.811. The Labute approximate surface area is 63.8 Å². The van der Waals surface area contributed by atoms with Crippen LogP contribution in [-0.4, -0.2) is 19.5 Å². The van der Waals surface area contributed by atoms with Crippen molar-refractivity contribution in [3.8, 4) is 0 Å². The molecule has 0 fully saturated rings. The maximum atomic E-state index is 9.00. The van der Waals surface area contributed by atoms with Crippen molar-refractivity contribution in [1.29, 1.82) is 0 Å². The molecule has 0 aromatic rings. The monoisotopic (exact) mass is 97.0 g/mol. The molecule has 0 saturated heterocycles. The smallest absolute Gasteiger partial charge is 1.00 e. The molecule has 0 aliphatic heterocycles. The van der Waals surface area contributed by atoms with Gasteiger partial charge in [0.25, 0.3) is 5.97 Å². The zero-order valence-electron chi connectivity index (χ0n) is 4.93. The van der Waals surface area contributed by atoms with Gasteiger partial charge in [-0.2, -0.15) is 0 Å². The van der Waals surface area contributed by atoms with Crippen LogP contribution in [0.1, 0.15) is 9.78 Å². The summed E-state index contributed by atoms with van der Waals surface area (Å²) in [6, 6.07) is 0. The molecule has 0 unspecified atom stereocenters. The predicted molar refractivity (Wildman–Crippen MR) is 22.3 cm³/mol. The molecule has 0 aliphatic rings. The molecule has 0 heterocycles. The second kappa shape index (κ2) is 9.11. The molecule has 0 saturated carbocycles. The molecule has 0 bridgehead atoms. The number of hydrogen-bond donors (Lipinski definition) is 1. The van der Waals surface area contributed by atoms with Crippen molar-refractivity contribution in [3.05, 3.63) is 0 Å². The van der Waals surface area contributed by atoms with Crippen LogP contribution in [0.2, 0.25) is 0 Å². The van der Waals surface area contributed by atoms with Crippen molar-refractivity contribution in [3.63, 3.8) is 0 Å². The quantitative estimate of drug-likeness (QED) is 0.328. The van der Waals surface area contributed by atoms with E-state index in [1.165, 1.54) is 0 Å².